The van der Waals surface area contributed by atoms with Crippen LogP contribution in [0.1, 0.15) is 54.3 Å². The van der Waals surface area contributed by atoms with Crippen molar-refractivity contribution in [2.24, 2.45) is 0 Å². The Labute approximate surface area is 220 Å². The molecule has 0 aliphatic carbocycles. The van der Waals surface area contributed by atoms with Gasteiger partial charge in [0.05, 0.1) is 39.0 Å². The van der Waals surface area contributed by atoms with E-state index < -0.39 is 17.7 Å². The van der Waals surface area contributed by atoms with Crippen LogP contribution in [-0.2, 0) is 16.1 Å². The smallest absolute Gasteiger partial charge is 0.295 e. The molecule has 8 heteroatoms. The summed E-state index contributed by atoms with van der Waals surface area (Å²) in [5.74, 6) is 0.0250. The zero-order valence-electron chi connectivity index (χ0n) is 21.6. The number of carbonyl (C=O) groups is 2. The van der Waals surface area contributed by atoms with Gasteiger partial charge in [0.1, 0.15) is 11.5 Å². The third-order valence-corrected chi connectivity index (χ3v) is 7.24. The minimum Gasteiger partial charge on any atom is -0.507 e. The predicted octanol–water partition coefficient (Wildman–Crippen LogP) is 5.91. The summed E-state index contributed by atoms with van der Waals surface area (Å²) in [6.45, 7) is 6.69. The van der Waals surface area contributed by atoms with Gasteiger partial charge in [0.2, 0.25) is 0 Å². The van der Waals surface area contributed by atoms with E-state index in [1.807, 2.05) is 44.4 Å². The average molecular weight is 522 g/mol. The molecule has 3 aromatic rings. The highest BCUT2D eigenvalue weighted by molar-refractivity contribution is 7.09. The number of aliphatic hydroxyl groups is 1. The first kappa shape index (κ1) is 26.3. The zero-order chi connectivity index (χ0) is 26.7. The van der Waals surface area contributed by atoms with Crippen LogP contribution in [0.5, 0.6) is 17.2 Å². The Hall–Kier alpha value is -3.78. The van der Waals surface area contributed by atoms with Gasteiger partial charge in [-0.05, 0) is 54.1 Å². The lowest BCUT2D eigenvalue weighted by atomic mass is 9.92. The van der Waals surface area contributed by atoms with Gasteiger partial charge in [-0.25, -0.2) is 0 Å². The van der Waals surface area contributed by atoms with Gasteiger partial charge in [-0.15, -0.1) is 11.3 Å². The monoisotopic (exact) mass is 521 g/mol. The van der Waals surface area contributed by atoms with Crippen molar-refractivity contribution in [1.29, 1.82) is 0 Å². The number of benzene rings is 2. The third-order valence-electron chi connectivity index (χ3n) is 6.38. The molecule has 194 valence electrons. The molecule has 4 rings (SSSR count). The van der Waals surface area contributed by atoms with E-state index in [0.717, 1.165) is 16.2 Å². The van der Waals surface area contributed by atoms with Crippen molar-refractivity contribution < 1.29 is 28.9 Å². The van der Waals surface area contributed by atoms with E-state index in [-0.39, 0.29) is 23.8 Å². The number of rotatable bonds is 9. The fourth-order valence-corrected chi connectivity index (χ4v) is 5.36. The lowest BCUT2D eigenvalue weighted by Gasteiger charge is -2.27. The minimum atomic E-state index is -0.874. The standard InChI is InChI=1S/C29H31NO6S/c1-6-36-22-13-12-18(15-21(22)17(2)3)26(31)24-25(20-10-7-11-23(34-4)28(20)35-5)30(29(33)27(24)32)16-19-9-8-14-37-19/h7-15,17,25,31H,6,16H2,1-5H3/b26-24+. The highest BCUT2D eigenvalue weighted by Crippen LogP contribution is 2.46. The van der Waals surface area contributed by atoms with Gasteiger partial charge in [0, 0.05) is 16.0 Å². The number of amides is 1. The van der Waals surface area contributed by atoms with Crippen LogP contribution < -0.4 is 14.2 Å². The number of ketones is 1. The topological polar surface area (TPSA) is 85.3 Å². The number of Topliss-reactive ketones (excluding diaryl/α,β-unsaturated/α-hetero) is 1. The number of para-hydroxylation sites is 1. The summed E-state index contributed by atoms with van der Waals surface area (Å²) in [4.78, 5) is 29.3. The molecule has 0 saturated carbocycles. The minimum absolute atomic E-state index is 0.00646. The molecule has 1 saturated heterocycles. The highest BCUT2D eigenvalue weighted by atomic mass is 32.1. The van der Waals surface area contributed by atoms with E-state index in [4.69, 9.17) is 14.2 Å². The van der Waals surface area contributed by atoms with Crippen molar-refractivity contribution in [2.75, 3.05) is 20.8 Å². The molecule has 0 spiro atoms. The van der Waals surface area contributed by atoms with E-state index in [2.05, 4.69) is 0 Å². The largest absolute Gasteiger partial charge is 0.507 e. The Morgan fingerprint density at radius 2 is 1.84 bits per heavy atom. The van der Waals surface area contributed by atoms with Gasteiger partial charge in [0.25, 0.3) is 11.7 Å². The second-order valence-corrected chi connectivity index (χ2v) is 9.96. The quantitative estimate of drug-likeness (QED) is 0.214. The van der Waals surface area contributed by atoms with E-state index in [1.54, 1.807) is 30.3 Å². The Morgan fingerprint density at radius 3 is 2.46 bits per heavy atom. The molecule has 1 fully saturated rings. The van der Waals surface area contributed by atoms with E-state index >= 15 is 0 Å². The Balaban J connectivity index is 1.94. The maximum Gasteiger partial charge on any atom is 0.295 e. The molecule has 1 atom stereocenters. The maximum absolute atomic E-state index is 13.5. The first-order chi connectivity index (χ1) is 17.8. The summed E-state index contributed by atoms with van der Waals surface area (Å²) < 4.78 is 16.9. The van der Waals surface area contributed by atoms with Crippen LogP contribution in [-0.4, -0.2) is 42.5 Å². The molecule has 0 radical (unpaired) electrons. The number of aliphatic hydroxyl groups excluding tert-OH is 1. The van der Waals surface area contributed by atoms with Crippen molar-refractivity contribution in [3.8, 4) is 17.2 Å². The van der Waals surface area contributed by atoms with Crippen molar-refractivity contribution in [3.05, 3.63) is 81.1 Å². The maximum atomic E-state index is 13.5. The summed E-state index contributed by atoms with van der Waals surface area (Å²) in [7, 11) is 3.03. The van der Waals surface area contributed by atoms with Crippen molar-refractivity contribution >= 4 is 28.8 Å². The van der Waals surface area contributed by atoms with Crippen molar-refractivity contribution in [1.82, 2.24) is 4.90 Å². The zero-order valence-corrected chi connectivity index (χ0v) is 22.4. The van der Waals surface area contributed by atoms with Crippen LogP contribution in [0.4, 0.5) is 0 Å². The molecule has 2 heterocycles. The van der Waals surface area contributed by atoms with Crippen LogP contribution in [0, 0.1) is 0 Å². The second kappa shape index (κ2) is 11.1. The number of hydrogen-bond donors (Lipinski definition) is 1. The lowest BCUT2D eigenvalue weighted by Crippen LogP contribution is -2.29. The summed E-state index contributed by atoms with van der Waals surface area (Å²) in [5.41, 5.74) is 1.89. The van der Waals surface area contributed by atoms with Crippen molar-refractivity contribution in [3.63, 3.8) is 0 Å². The molecule has 7 nitrogen and oxygen atoms in total. The summed E-state index contributed by atoms with van der Waals surface area (Å²) >= 11 is 1.49. The Kier molecular flexibility index (Phi) is 7.88. The SMILES string of the molecule is CCOc1ccc(/C(O)=C2\C(=O)C(=O)N(Cc3cccs3)C2c2cccc(OC)c2OC)cc1C(C)C. The van der Waals surface area contributed by atoms with Gasteiger partial charge >= 0.3 is 0 Å². The summed E-state index contributed by atoms with van der Waals surface area (Å²) in [5, 5.41) is 13.5. The van der Waals surface area contributed by atoms with Crippen molar-refractivity contribution in [2.45, 2.75) is 39.3 Å². The normalized spacial score (nSPS) is 16.9. The van der Waals surface area contributed by atoms with Gasteiger partial charge in [-0.2, -0.15) is 0 Å². The molecular formula is C29H31NO6S. The molecule has 0 bridgehead atoms. The van der Waals surface area contributed by atoms with E-state index in [9.17, 15) is 14.7 Å². The van der Waals surface area contributed by atoms with E-state index in [1.165, 1.54) is 30.5 Å². The fraction of sp³-hybridized carbons (Fsp3) is 0.310. The van der Waals surface area contributed by atoms with E-state index in [0.29, 0.717) is 29.2 Å². The molecule has 1 amide bonds. The lowest BCUT2D eigenvalue weighted by molar-refractivity contribution is -0.140. The summed E-state index contributed by atoms with van der Waals surface area (Å²) in [6.07, 6.45) is 0. The van der Waals surface area contributed by atoms with Crippen LogP contribution in [0.3, 0.4) is 0 Å². The van der Waals surface area contributed by atoms with Gasteiger partial charge in [0.15, 0.2) is 11.5 Å². The number of thiophene rings is 1. The molecule has 1 N–H and O–H groups in total. The second-order valence-electron chi connectivity index (χ2n) is 8.93. The summed E-state index contributed by atoms with van der Waals surface area (Å²) in [6, 6.07) is 13.5. The van der Waals surface area contributed by atoms with Gasteiger partial charge in [-0.3, -0.25) is 9.59 Å². The number of carbonyl (C=O) groups excluding carboxylic acids is 2. The predicted molar refractivity (Wildman–Crippen MR) is 143 cm³/mol. The fourth-order valence-electron chi connectivity index (χ4n) is 4.65. The first-order valence-electron chi connectivity index (χ1n) is 12.1. The van der Waals surface area contributed by atoms with Crippen LogP contribution in [0.2, 0.25) is 0 Å². The van der Waals surface area contributed by atoms with Gasteiger partial charge < -0.3 is 24.2 Å². The molecule has 1 aliphatic rings. The first-order valence-corrected chi connectivity index (χ1v) is 13.0. The average Bonchev–Trinajstić information content (AvgIpc) is 3.50. The molecule has 2 aromatic carbocycles. The van der Waals surface area contributed by atoms with Crippen LogP contribution in [0.15, 0.2) is 59.5 Å². The highest BCUT2D eigenvalue weighted by Gasteiger charge is 2.47. The third kappa shape index (κ3) is 4.93. The van der Waals surface area contributed by atoms with Gasteiger partial charge in [-0.1, -0.05) is 32.0 Å². The number of nitrogens with zero attached hydrogens (tertiary/aromatic N) is 1. The molecular weight excluding hydrogens is 490 g/mol. The number of hydrogen-bond acceptors (Lipinski definition) is 7. The van der Waals surface area contributed by atoms with Crippen LogP contribution in [0.25, 0.3) is 5.76 Å². The number of ether oxygens (including phenoxy) is 3. The molecule has 1 unspecified atom stereocenters. The number of methoxy groups -OCH3 is 2. The van der Waals surface area contributed by atoms with Crippen LogP contribution >= 0.6 is 11.3 Å². The molecule has 1 aliphatic heterocycles. The Bertz CT molecular complexity index is 1330. The molecule has 37 heavy (non-hydrogen) atoms. The molecule has 1 aromatic heterocycles. The number of likely N-dealkylation sites (tertiary alicyclic amines) is 1. The Morgan fingerprint density at radius 1 is 1.05 bits per heavy atom.